The molecule has 100 valence electrons. The van der Waals surface area contributed by atoms with Gasteiger partial charge in [-0.15, -0.1) is 0 Å². The highest BCUT2D eigenvalue weighted by Gasteiger charge is 2.11. The third-order valence-corrected chi connectivity index (χ3v) is 3.89. The molecule has 3 N–H and O–H groups in total. The summed E-state index contributed by atoms with van der Waals surface area (Å²) in [5.41, 5.74) is 4.93. The van der Waals surface area contributed by atoms with Gasteiger partial charge >= 0.3 is 0 Å². The summed E-state index contributed by atoms with van der Waals surface area (Å²) < 4.78 is 0. The number of hydrazine groups is 1. The van der Waals surface area contributed by atoms with Gasteiger partial charge in [0.05, 0.1) is 10.0 Å². The molecule has 19 heavy (non-hydrogen) atoms. The summed E-state index contributed by atoms with van der Waals surface area (Å²) in [7, 11) is 0. The van der Waals surface area contributed by atoms with Crippen molar-refractivity contribution >= 4 is 34.8 Å². The van der Waals surface area contributed by atoms with Gasteiger partial charge in [0.2, 0.25) is 0 Å². The van der Waals surface area contributed by atoms with Crippen LogP contribution in [-0.2, 0) is 6.42 Å². The van der Waals surface area contributed by atoms with Crippen molar-refractivity contribution in [3.8, 4) is 0 Å². The third kappa shape index (κ3) is 3.85. The predicted molar refractivity (Wildman–Crippen MR) is 81.7 cm³/mol. The van der Waals surface area contributed by atoms with Crippen molar-refractivity contribution in [1.29, 1.82) is 0 Å². The molecule has 1 unspecified atom stereocenters. The first-order chi connectivity index (χ1) is 9.10. The normalized spacial score (nSPS) is 12.4. The van der Waals surface area contributed by atoms with Crippen LogP contribution in [0.5, 0.6) is 0 Å². The van der Waals surface area contributed by atoms with Crippen LogP contribution < -0.4 is 11.3 Å². The highest BCUT2D eigenvalue weighted by molar-refractivity contribution is 6.42. The molecular formula is C14H13Cl3N2. The number of rotatable bonds is 4. The highest BCUT2D eigenvalue weighted by atomic mass is 35.5. The molecule has 2 nitrogen and oxygen atoms in total. The quantitative estimate of drug-likeness (QED) is 0.648. The van der Waals surface area contributed by atoms with Gasteiger partial charge in [0.1, 0.15) is 0 Å². The van der Waals surface area contributed by atoms with Gasteiger partial charge in [-0.2, -0.15) is 0 Å². The highest BCUT2D eigenvalue weighted by Crippen LogP contribution is 2.26. The summed E-state index contributed by atoms with van der Waals surface area (Å²) in [6.45, 7) is 0. The number of nitrogens with two attached hydrogens (primary N) is 1. The van der Waals surface area contributed by atoms with Crippen LogP contribution in [0.25, 0.3) is 0 Å². The smallest absolute Gasteiger partial charge is 0.0595 e. The van der Waals surface area contributed by atoms with Crippen molar-refractivity contribution in [3.05, 3.63) is 68.7 Å². The molecule has 0 aromatic heterocycles. The summed E-state index contributed by atoms with van der Waals surface area (Å²) >= 11 is 17.8. The summed E-state index contributed by atoms with van der Waals surface area (Å²) in [6, 6.07) is 13.2. The van der Waals surface area contributed by atoms with E-state index in [1.54, 1.807) is 6.07 Å². The number of benzene rings is 2. The van der Waals surface area contributed by atoms with Crippen LogP contribution in [0.1, 0.15) is 17.2 Å². The summed E-state index contributed by atoms with van der Waals surface area (Å²) in [5.74, 6) is 5.62. The molecule has 0 aliphatic heterocycles. The van der Waals surface area contributed by atoms with Crippen LogP contribution >= 0.6 is 34.8 Å². The summed E-state index contributed by atoms with van der Waals surface area (Å²) in [5, 5.41) is 1.80. The van der Waals surface area contributed by atoms with Gasteiger partial charge in [0, 0.05) is 11.1 Å². The van der Waals surface area contributed by atoms with Crippen molar-refractivity contribution in [1.82, 2.24) is 5.43 Å². The lowest BCUT2D eigenvalue weighted by Gasteiger charge is -2.17. The van der Waals surface area contributed by atoms with Gasteiger partial charge in [-0.05, 0) is 41.8 Å². The molecule has 0 aliphatic carbocycles. The van der Waals surface area contributed by atoms with E-state index < -0.39 is 0 Å². The van der Waals surface area contributed by atoms with E-state index in [1.807, 2.05) is 36.4 Å². The Morgan fingerprint density at radius 1 is 0.947 bits per heavy atom. The van der Waals surface area contributed by atoms with Gasteiger partial charge in [-0.3, -0.25) is 11.3 Å². The van der Waals surface area contributed by atoms with E-state index >= 15 is 0 Å². The second-order valence-corrected chi connectivity index (χ2v) is 5.47. The first-order valence-electron chi connectivity index (χ1n) is 5.75. The minimum Gasteiger partial charge on any atom is -0.271 e. The SMILES string of the molecule is NNC(Cc1ccc(Cl)c(Cl)c1)c1ccc(Cl)cc1. The molecule has 0 heterocycles. The second kappa shape index (κ2) is 6.60. The largest absolute Gasteiger partial charge is 0.271 e. The number of halogens is 3. The molecule has 2 rings (SSSR count). The van der Waals surface area contributed by atoms with Gasteiger partial charge in [-0.25, -0.2) is 0 Å². The van der Waals surface area contributed by atoms with Gasteiger partial charge in [-0.1, -0.05) is 53.0 Å². The van der Waals surface area contributed by atoms with E-state index in [0.717, 1.165) is 17.5 Å². The van der Waals surface area contributed by atoms with Crippen LogP contribution in [-0.4, -0.2) is 0 Å². The lowest BCUT2D eigenvalue weighted by Crippen LogP contribution is -2.29. The zero-order valence-electron chi connectivity index (χ0n) is 10.0. The molecule has 0 saturated carbocycles. The van der Waals surface area contributed by atoms with E-state index in [-0.39, 0.29) is 6.04 Å². The fourth-order valence-electron chi connectivity index (χ4n) is 1.87. The first-order valence-corrected chi connectivity index (χ1v) is 6.89. The maximum atomic E-state index is 6.01. The Balaban J connectivity index is 2.18. The fourth-order valence-corrected chi connectivity index (χ4v) is 2.32. The van der Waals surface area contributed by atoms with E-state index in [0.29, 0.717) is 15.1 Å². The predicted octanol–water partition coefficient (Wildman–Crippen LogP) is 4.39. The molecular weight excluding hydrogens is 303 g/mol. The molecule has 2 aromatic carbocycles. The summed E-state index contributed by atoms with van der Waals surface area (Å²) in [6.07, 6.45) is 0.717. The zero-order chi connectivity index (χ0) is 13.8. The Kier molecular flexibility index (Phi) is 5.08. The molecule has 2 aromatic rings. The molecule has 0 radical (unpaired) electrons. The lowest BCUT2D eigenvalue weighted by atomic mass is 9.99. The van der Waals surface area contributed by atoms with Crippen molar-refractivity contribution in [2.24, 2.45) is 5.84 Å². The third-order valence-electron chi connectivity index (χ3n) is 2.90. The Labute approximate surface area is 127 Å². The van der Waals surface area contributed by atoms with E-state index in [2.05, 4.69) is 5.43 Å². The number of hydrogen-bond donors (Lipinski definition) is 2. The van der Waals surface area contributed by atoms with Crippen LogP contribution in [0.2, 0.25) is 15.1 Å². The van der Waals surface area contributed by atoms with Crippen molar-refractivity contribution < 1.29 is 0 Å². The van der Waals surface area contributed by atoms with Crippen molar-refractivity contribution in [3.63, 3.8) is 0 Å². The van der Waals surface area contributed by atoms with Crippen LogP contribution in [0.3, 0.4) is 0 Å². The van der Waals surface area contributed by atoms with Crippen LogP contribution in [0.15, 0.2) is 42.5 Å². The summed E-state index contributed by atoms with van der Waals surface area (Å²) in [4.78, 5) is 0. The molecule has 1 atom stereocenters. The average molecular weight is 316 g/mol. The topological polar surface area (TPSA) is 38.0 Å². The second-order valence-electron chi connectivity index (χ2n) is 4.22. The maximum absolute atomic E-state index is 6.01. The standard InChI is InChI=1S/C14H13Cl3N2/c15-11-4-2-10(3-5-11)14(19-18)8-9-1-6-12(16)13(17)7-9/h1-7,14,19H,8,18H2. The molecule has 0 saturated heterocycles. The Morgan fingerprint density at radius 3 is 2.21 bits per heavy atom. The minimum atomic E-state index is -0.00508. The van der Waals surface area contributed by atoms with Crippen molar-refractivity contribution in [2.75, 3.05) is 0 Å². The average Bonchev–Trinajstić information content (AvgIpc) is 2.41. The monoisotopic (exact) mass is 314 g/mol. The molecule has 0 fully saturated rings. The van der Waals surface area contributed by atoms with Gasteiger partial charge < -0.3 is 0 Å². The van der Waals surface area contributed by atoms with Crippen LogP contribution in [0.4, 0.5) is 0 Å². The Bertz CT molecular complexity index is 555. The Morgan fingerprint density at radius 2 is 1.63 bits per heavy atom. The minimum absolute atomic E-state index is 0.00508. The van der Waals surface area contributed by atoms with Crippen molar-refractivity contribution in [2.45, 2.75) is 12.5 Å². The molecule has 0 spiro atoms. The zero-order valence-corrected chi connectivity index (χ0v) is 12.3. The van der Waals surface area contributed by atoms with Crippen LogP contribution in [0, 0.1) is 0 Å². The molecule has 5 heteroatoms. The van der Waals surface area contributed by atoms with E-state index in [4.69, 9.17) is 40.6 Å². The fraction of sp³-hybridized carbons (Fsp3) is 0.143. The van der Waals surface area contributed by atoms with E-state index in [9.17, 15) is 0 Å². The number of nitrogens with one attached hydrogen (secondary N) is 1. The van der Waals surface area contributed by atoms with E-state index in [1.165, 1.54) is 0 Å². The molecule has 0 aliphatic rings. The molecule has 0 bridgehead atoms. The first kappa shape index (κ1) is 14.6. The van der Waals surface area contributed by atoms with Gasteiger partial charge in [0.15, 0.2) is 0 Å². The molecule has 0 amide bonds. The van der Waals surface area contributed by atoms with Gasteiger partial charge in [0.25, 0.3) is 0 Å². The Hall–Kier alpha value is -0.770. The lowest BCUT2D eigenvalue weighted by molar-refractivity contribution is 0.552. The maximum Gasteiger partial charge on any atom is 0.0595 e. The number of hydrogen-bond acceptors (Lipinski definition) is 2.